The molecule has 11 heavy (non-hydrogen) atoms. The topological polar surface area (TPSA) is 43.8 Å². The zero-order valence-corrected chi connectivity index (χ0v) is 7.82. The molecule has 0 spiro atoms. The average molecular weight is 259 g/mol. The van der Waals surface area contributed by atoms with Crippen molar-refractivity contribution in [3.05, 3.63) is 28.0 Å². The molecule has 2 rings (SSSR count). The lowest BCUT2D eigenvalue weighted by atomic mass is 10.3. The first kappa shape index (κ1) is 6.90. The molecule has 4 heteroatoms. The van der Waals surface area contributed by atoms with Crippen molar-refractivity contribution in [2.75, 3.05) is 5.84 Å². The van der Waals surface area contributed by atoms with Crippen LogP contribution in [0.2, 0.25) is 0 Å². The fraction of sp³-hybridized carbons (Fsp3) is 0. The predicted molar refractivity (Wildman–Crippen MR) is 52.6 cm³/mol. The second-order valence-electron chi connectivity index (χ2n) is 2.25. The number of rotatable bonds is 0. The van der Waals surface area contributed by atoms with E-state index in [1.54, 1.807) is 0 Å². The molecule has 0 aliphatic heterocycles. The Balaban J connectivity index is 2.95. The molecule has 0 saturated carbocycles. The zero-order chi connectivity index (χ0) is 7.84. The van der Waals surface area contributed by atoms with Crippen LogP contribution in [0.15, 0.2) is 24.3 Å². The lowest BCUT2D eigenvalue weighted by Crippen LogP contribution is -2.09. The molecular formula is C7H6IN3. The quantitative estimate of drug-likeness (QED) is 0.573. The van der Waals surface area contributed by atoms with Gasteiger partial charge in [-0.15, -0.1) is 5.10 Å². The van der Waals surface area contributed by atoms with Crippen LogP contribution in [0.3, 0.4) is 0 Å². The van der Waals surface area contributed by atoms with Gasteiger partial charge in [0.2, 0.25) is 0 Å². The minimum Gasteiger partial charge on any atom is -0.323 e. The second-order valence-corrected chi connectivity index (χ2v) is 3.27. The van der Waals surface area contributed by atoms with Crippen LogP contribution in [0.5, 0.6) is 0 Å². The summed E-state index contributed by atoms with van der Waals surface area (Å²) in [6.07, 6.45) is 0. The summed E-state index contributed by atoms with van der Waals surface area (Å²) in [5.74, 6) is 5.58. The molecule has 0 amide bonds. The van der Waals surface area contributed by atoms with E-state index >= 15 is 0 Å². The molecule has 1 aromatic heterocycles. The summed E-state index contributed by atoms with van der Waals surface area (Å²) in [5, 5.41) is 5.18. The van der Waals surface area contributed by atoms with E-state index in [4.69, 9.17) is 5.84 Å². The molecule has 1 aromatic carbocycles. The molecule has 0 atom stereocenters. The normalized spacial score (nSPS) is 10.6. The molecule has 0 radical (unpaired) electrons. The number of benzene rings is 1. The Bertz CT molecular complexity index is 357. The molecule has 56 valence electrons. The van der Waals surface area contributed by atoms with Crippen molar-refractivity contribution in [1.82, 2.24) is 9.89 Å². The van der Waals surface area contributed by atoms with Crippen LogP contribution in [0.25, 0.3) is 10.9 Å². The van der Waals surface area contributed by atoms with Crippen molar-refractivity contribution in [1.29, 1.82) is 0 Å². The summed E-state index contributed by atoms with van der Waals surface area (Å²) >= 11 is 2.17. The van der Waals surface area contributed by atoms with Gasteiger partial charge in [-0.25, -0.2) is 0 Å². The van der Waals surface area contributed by atoms with Gasteiger partial charge in [-0.05, 0) is 28.7 Å². The highest BCUT2D eigenvalue weighted by atomic mass is 127. The number of para-hydroxylation sites is 1. The number of hydrogen-bond donors (Lipinski definition) is 1. The van der Waals surface area contributed by atoms with Gasteiger partial charge in [0, 0.05) is 5.39 Å². The number of halogens is 1. The van der Waals surface area contributed by atoms with E-state index in [0.717, 1.165) is 14.6 Å². The number of fused-ring (bicyclic) bond motifs is 1. The third-order valence-corrected chi connectivity index (χ3v) is 2.37. The summed E-state index contributed by atoms with van der Waals surface area (Å²) in [4.78, 5) is 1.40. The number of nitrogen functional groups attached to an aromatic ring is 1. The maximum absolute atomic E-state index is 5.58. The Morgan fingerprint density at radius 2 is 2.09 bits per heavy atom. The smallest absolute Gasteiger partial charge is 0.133 e. The van der Waals surface area contributed by atoms with E-state index in [2.05, 4.69) is 27.7 Å². The van der Waals surface area contributed by atoms with Crippen molar-refractivity contribution in [3.63, 3.8) is 0 Å². The third-order valence-electron chi connectivity index (χ3n) is 1.57. The third kappa shape index (κ3) is 0.973. The molecule has 0 aliphatic carbocycles. The van der Waals surface area contributed by atoms with Crippen LogP contribution in [0, 0.1) is 3.70 Å². The molecule has 0 aliphatic rings. The summed E-state index contributed by atoms with van der Waals surface area (Å²) in [7, 11) is 0. The Morgan fingerprint density at radius 3 is 2.82 bits per heavy atom. The number of hydrogen-bond acceptors (Lipinski definition) is 2. The van der Waals surface area contributed by atoms with Gasteiger partial charge < -0.3 is 5.84 Å². The summed E-state index contributed by atoms with van der Waals surface area (Å²) in [6, 6.07) is 7.88. The first-order chi connectivity index (χ1) is 5.29. The van der Waals surface area contributed by atoms with E-state index < -0.39 is 0 Å². The molecule has 0 saturated heterocycles. The average Bonchev–Trinajstić information content (AvgIpc) is 2.30. The van der Waals surface area contributed by atoms with Crippen LogP contribution in [0.4, 0.5) is 0 Å². The van der Waals surface area contributed by atoms with Gasteiger partial charge in [0.05, 0.1) is 5.52 Å². The monoisotopic (exact) mass is 259 g/mol. The maximum Gasteiger partial charge on any atom is 0.133 e. The molecular weight excluding hydrogens is 253 g/mol. The Morgan fingerprint density at radius 1 is 1.36 bits per heavy atom. The fourth-order valence-electron chi connectivity index (χ4n) is 1.05. The van der Waals surface area contributed by atoms with Crippen LogP contribution in [-0.4, -0.2) is 9.89 Å². The second kappa shape index (κ2) is 2.37. The van der Waals surface area contributed by atoms with Crippen LogP contribution < -0.4 is 5.84 Å². The Hall–Kier alpha value is -0.780. The summed E-state index contributed by atoms with van der Waals surface area (Å²) in [6.45, 7) is 0. The van der Waals surface area contributed by atoms with E-state index in [0.29, 0.717) is 0 Å². The maximum atomic E-state index is 5.58. The van der Waals surface area contributed by atoms with Crippen molar-refractivity contribution in [2.24, 2.45) is 0 Å². The first-order valence-electron chi connectivity index (χ1n) is 3.17. The van der Waals surface area contributed by atoms with Crippen LogP contribution in [-0.2, 0) is 0 Å². The van der Waals surface area contributed by atoms with Crippen molar-refractivity contribution in [2.45, 2.75) is 0 Å². The van der Waals surface area contributed by atoms with Crippen LogP contribution in [0.1, 0.15) is 0 Å². The van der Waals surface area contributed by atoms with E-state index in [9.17, 15) is 0 Å². The largest absolute Gasteiger partial charge is 0.323 e. The van der Waals surface area contributed by atoms with Gasteiger partial charge >= 0.3 is 0 Å². The van der Waals surface area contributed by atoms with E-state index in [1.807, 2.05) is 24.3 Å². The minimum absolute atomic E-state index is 0.945. The lowest BCUT2D eigenvalue weighted by molar-refractivity contribution is 0.851. The molecule has 2 aromatic rings. The van der Waals surface area contributed by atoms with Gasteiger partial charge in [-0.1, -0.05) is 18.2 Å². The summed E-state index contributed by atoms with van der Waals surface area (Å²) < 4.78 is 0.945. The summed E-state index contributed by atoms with van der Waals surface area (Å²) in [5.41, 5.74) is 0.969. The highest BCUT2D eigenvalue weighted by Crippen LogP contribution is 2.17. The molecule has 1 heterocycles. The highest BCUT2D eigenvalue weighted by Gasteiger charge is 2.03. The number of aromatic nitrogens is 2. The number of nitrogens with two attached hydrogens (primary N) is 1. The van der Waals surface area contributed by atoms with E-state index in [-0.39, 0.29) is 0 Å². The van der Waals surface area contributed by atoms with Gasteiger partial charge in [0.1, 0.15) is 3.70 Å². The van der Waals surface area contributed by atoms with Crippen LogP contribution >= 0.6 is 22.6 Å². The Labute approximate surface area is 77.3 Å². The minimum atomic E-state index is 0.945. The molecule has 0 fully saturated rings. The van der Waals surface area contributed by atoms with Crippen molar-refractivity contribution < 1.29 is 0 Å². The fourth-order valence-corrected chi connectivity index (χ4v) is 1.74. The molecule has 0 unspecified atom stereocenters. The van der Waals surface area contributed by atoms with Gasteiger partial charge in [0.25, 0.3) is 0 Å². The van der Waals surface area contributed by atoms with Gasteiger partial charge in [-0.2, -0.15) is 4.79 Å². The Kier molecular flexibility index (Phi) is 1.49. The molecule has 3 nitrogen and oxygen atoms in total. The van der Waals surface area contributed by atoms with E-state index in [1.165, 1.54) is 4.79 Å². The standard InChI is InChI=1S/C7H6IN3/c8-7-5-3-1-2-4-6(5)11(9)10-7/h1-4H,9H2. The molecule has 0 bridgehead atoms. The lowest BCUT2D eigenvalue weighted by Gasteiger charge is -1.89. The van der Waals surface area contributed by atoms with Crippen molar-refractivity contribution in [3.8, 4) is 0 Å². The van der Waals surface area contributed by atoms with Gasteiger partial charge in [0.15, 0.2) is 0 Å². The SMILES string of the molecule is Nn1nc(I)c2ccccc21. The van der Waals surface area contributed by atoms with Crippen molar-refractivity contribution >= 4 is 33.5 Å². The molecule has 2 N–H and O–H groups in total. The highest BCUT2D eigenvalue weighted by molar-refractivity contribution is 14.1. The number of nitrogens with zero attached hydrogens (tertiary/aromatic N) is 2. The zero-order valence-electron chi connectivity index (χ0n) is 5.66. The van der Waals surface area contributed by atoms with Gasteiger partial charge in [-0.3, -0.25) is 0 Å². The first-order valence-corrected chi connectivity index (χ1v) is 4.25. The predicted octanol–water partition coefficient (Wildman–Crippen LogP) is 1.35.